The number of sulfonamides is 1. The maximum absolute atomic E-state index is 12.1. The lowest BCUT2D eigenvalue weighted by Gasteiger charge is -2.07. The van der Waals surface area contributed by atoms with Gasteiger partial charge in [-0.2, -0.15) is 0 Å². The van der Waals surface area contributed by atoms with Crippen molar-refractivity contribution in [1.29, 1.82) is 0 Å². The van der Waals surface area contributed by atoms with Crippen molar-refractivity contribution >= 4 is 27.5 Å². The first-order valence-electron chi connectivity index (χ1n) is 6.33. The summed E-state index contributed by atoms with van der Waals surface area (Å²) in [6, 6.07) is 8.32. The highest BCUT2D eigenvalue weighted by molar-refractivity contribution is 7.89. The van der Waals surface area contributed by atoms with E-state index >= 15 is 0 Å². The van der Waals surface area contributed by atoms with E-state index in [-0.39, 0.29) is 10.5 Å². The van der Waals surface area contributed by atoms with Gasteiger partial charge in [-0.15, -0.1) is 0 Å². The Morgan fingerprint density at radius 2 is 1.91 bits per heavy atom. The molecule has 0 saturated heterocycles. The van der Waals surface area contributed by atoms with Crippen LogP contribution in [-0.2, 0) is 16.6 Å². The largest absolute Gasteiger partial charge is 0.348 e. The fraction of sp³-hybridized carbons (Fsp3) is 0.143. The van der Waals surface area contributed by atoms with E-state index < -0.39 is 15.9 Å². The molecule has 0 fully saturated rings. The predicted molar refractivity (Wildman–Crippen MR) is 83.1 cm³/mol. The number of nitrogens with zero attached hydrogens (tertiary/aromatic N) is 1. The minimum absolute atomic E-state index is 0.0610. The van der Waals surface area contributed by atoms with Crippen molar-refractivity contribution in [2.45, 2.75) is 11.4 Å². The van der Waals surface area contributed by atoms with Gasteiger partial charge in [0.15, 0.2) is 0 Å². The van der Waals surface area contributed by atoms with Gasteiger partial charge in [0.2, 0.25) is 10.0 Å². The number of amides is 1. The van der Waals surface area contributed by atoms with Crippen LogP contribution in [0.2, 0.25) is 5.02 Å². The van der Waals surface area contributed by atoms with Crippen molar-refractivity contribution in [3.05, 3.63) is 58.9 Å². The molecule has 0 aliphatic carbocycles. The third-order valence-corrected chi connectivity index (χ3v) is 4.55. The number of aromatic nitrogens is 1. The van der Waals surface area contributed by atoms with Gasteiger partial charge in [0.25, 0.3) is 5.91 Å². The SMILES string of the molecule is CNS(=O)(=O)c1cncc(C(=O)NCc2ccc(Cl)cc2)c1. The Morgan fingerprint density at radius 1 is 1.23 bits per heavy atom. The summed E-state index contributed by atoms with van der Waals surface area (Å²) in [6.45, 7) is 0.305. The number of halogens is 1. The summed E-state index contributed by atoms with van der Waals surface area (Å²) in [7, 11) is -2.34. The van der Waals surface area contributed by atoms with Crippen molar-refractivity contribution in [2.24, 2.45) is 0 Å². The molecule has 2 aromatic rings. The zero-order valence-electron chi connectivity index (χ0n) is 11.7. The highest BCUT2D eigenvalue weighted by Crippen LogP contribution is 2.11. The minimum atomic E-state index is -3.63. The normalized spacial score (nSPS) is 11.2. The second-order valence-corrected chi connectivity index (χ2v) is 6.75. The molecule has 0 saturated carbocycles. The second kappa shape index (κ2) is 6.87. The standard InChI is InChI=1S/C14H14ClN3O3S/c1-16-22(20,21)13-6-11(8-17-9-13)14(19)18-7-10-2-4-12(15)5-3-10/h2-6,8-9,16H,7H2,1H3,(H,18,19). The number of nitrogens with one attached hydrogen (secondary N) is 2. The van der Waals surface area contributed by atoms with Gasteiger partial charge < -0.3 is 5.32 Å². The zero-order valence-corrected chi connectivity index (χ0v) is 13.3. The van der Waals surface area contributed by atoms with E-state index in [1.807, 2.05) is 0 Å². The van der Waals surface area contributed by atoms with Crippen molar-refractivity contribution in [1.82, 2.24) is 15.0 Å². The Morgan fingerprint density at radius 3 is 2.55 bits per heavy atom. The first-order chi connectivity index (χ1) is 10.4. The average molecular weight is 340 g/mol. The molecular formula is C14H14ClN3O3S. The van der Waals surface area contributed by atoms with Crippen LogP contribution in [0.4, 0.5) is 0 Å². The van der Waals surface area contributed by atoms with E-state index in [1.165, 1.54) is 25.5 Å². The molecule has 0 aliphatic rings. The van der Waals surface area contributed by atoms with Crippen LogP contribution in [0, 0.1) is 0 Å². The Hall–Kier alpha value is -1.96. The number of pyridine rings is 1. The Kier molecular flexibility index (Phi) is 5.12. The third-order valence-electron chi connectivity index (χ3n) is 2.92. The molecule has 2 rings (SSSR count). The summed E-state index contributed by atoms with van der Waals surface area (Å²) in [4.78, 5) is 15.8. The van der Waals surface area contributed by atoms with Gasteiger partial charge in [0.05, 0.1) is 5.56 Å². The van der Waals surface area contributed by atoms with E-state index in [1.54, 1.807) is 24.3 Å². The smallest absolute Gasteiger partial charge is 0.253 e. The monoisotopic (exact) mass is 339 g/mol. The maximum Gasteiger partial charge on any atom is 0.253 e. The van der Waals surface area contributed by atoms with E-state index in [2.05, 4.69) is 15.0 Å². The third kappa shape index (κ3) is 4.03. The zero-order chi connectivity index (χ0) is 16.2. The van der Waals surface area contributed by atoms with Crippen molar-refractivity contribution in [3.8, 4) is 0 Å². The molecule has 0 bridgehead atoms. The number of hydrogen-bond donors (Lipinski definition) is 2. The molecule has 0 aliphatic heterocycles. The van der Waals surface area contributed by atoms with Crippen LogP contribution in [0.25, 0.3) is 0 Å². The molecule has 1 aromatic carbocycles. The molecule has 1 heterocycles. The van der Waals surface area contributed by atoms with Crippen LogP contribution >= 0.6 is 11.6 Å². The first-order valence-corrected chi connectivity index (χ1v) is 8.20. The van der Waals surface area contributed by atoms with Gasteiger partial charge >= 0.3 is 0 Å². The van der Waals surface area contributed by atoms with Gasteiger partial charge in [-0.05, 0) is 30.8 Å². The lowest BCUT2D eigenvalue weighted by atomic mass is 10.2. The summed E-state index contributed by atoms with van der Waals surface area (Å²) in [5.41, 5.74) is 1.05. The molecule has 0 radical (unpaired) electrons. The molecule has 6 nitrogen and oxygen atoms in total. The molecular weight excluding hydrogens is 326 g/mol. The second-order valence-electron chi connectivity index (χ2n) is 4.43. The molecule has 22 heavy (non-hydrogen) atoms. The summed E-state index contributed by atoms with van der Waals surface area (Å²) >= 11 is 5.79. The Bertz CT molecular complexity index is 776. The highest BCUT2D eigenvalue weighted by Gasteiger charge is 2.15. The van der Waals surface area contributed by atoms with Gasteiger partial charge in [-0.1, -0.05) is 23.7 Å². The predicted octanol–water partition coefficient (Wildman–Crippen LogP) is 1.57. The average Bonchev–Trinajstić information content (AvgIpc) is 2.54. The summed E-state index contributed by atoms with van der Waals surface area (Å²) in [5, 5.41) is 3.31. The first kappa shape index (κ1) is 16.4. The van der Waals surface area contributed by atoms with Crippen LogP contribution in [0.15, 0.2) is 47.6 Å². The number of rotatable bonds is 5. The highest BCUT2D eigenvalue weighted by atomic mass is 35.5. The van der Waals surface area contributed by atoms with Crippen molar-refractivity contribution in [2.75, 3.05) is 7.05 Å². The maximum atomic E-state index is 12.1. The molecule has 1 amide bonds. The molecule has 2 N–H and O–H groups in total. The van der Waals surface area contributed by atoms with Gasteiger partial charge in [0, 0.05) is 24.0 Å². The van der Waals surface area contributed by atoms with E-state index in [4.69, 9.17) is 11.6 Å². The Balaban J connectivity index is 2.10. The number of hydrogen-bond acceptors (Lipinski definition) is 4. The van der Waals surface area contributed by atoms with Crippen LogP contribution < -0.4 is 10.0 Å². The van der Waals surface area contributed by atoms with Crippen molar-refractivity contribution in [3.63, 3.8) is 0 Å². The fourth-order valence-corrected chi connectivity index (χ4v) is 2.54. The molecule has 8 heteroatoms. The minimum Gasteiger partial charge on any atom is -0.348 e. The number of carbonyl (C=O) groups excluding carboxylic acids is 1. The summed E-state index contributed by atoms with van der Waals surface area (Å²) in [6.07, 6.45) is 2.49. The quantitative estimate of drug-likeness (QED) is 0.865. The fourth-order valence-electron chi connectivity index (χ4n) is 1.69. The lowest BCUT2D eigenvalue weighted by Crippen LogP contribution is -2.24. The Labute approximate surface area is 133 Å². The van der Waals surface area contributed by atoms with Crippen LogP contribution in [-0.4, -0.2) is 26.4 Å². The van der Waals surface area contributed by atoms with Crippen LogP contribution in [0.3, 0.4) is 0 Å². The number of benzene rings is 1. The van der Waals surface area contributed by atoms with Gasteiger partial charge in [-0.3, -0.25) is 9.78 Å². The van der Waals surface area contributed by atoms with E-state index in [9.17, 15) is 13.2 Å². The molecule has 116 valence electrons. The molecule has 0 atom stereocenters. The molecule has 0 unspecified atom stereocenters. The lowest BCUT2D eigenvalue weighted by molar-refractivity contribution is 0.0950. The molecule has 0 spiro atoms. The molecule has 1 aromatic heterocycles. The van der Waals surface area contributed by atoms with Gasteiger partial charge in [0.1, 0.15) is 4.90 Å². The van der Waals surface area contributed by atoms with Crippen LogP contribution in [0.5, 0.6) is 0 Å². The van der Waals surface area contributed by atoms with E-state index in [0.717, 1.165) is 5.56 Å². The topological polar surface area (TPSA) is 88.2 Å². The number of carbonyl (C=O) groups is 1. The summed E-state index contributed by atoms with van der Waals surface area (Å²) in [5.74, 6) is -0.407. The van der Waals surface area contributed by atoms with E-state index in [0.29, 0.717) is 11.6 Å². The van der Waals surface area contributed by atoms with Crippen molar-refractivity contribution < 1.29 is 13.2 Å². The summed E-state index contributed by atoms with van der Waals surface area (Å²) < 4.78 is 25.6. The van der Waals surface area contributed by atoms with Gasteiger partial charge in [-0.25, -0.2) is 13.1 Å². The van der Waals surface area contributed by atoms with Crippen LogP contribution in [0.1, 0.15) is 15.9 Å².